The number of halogens is 4. The van der Waals surface area contributed by atoms with Crippen molar-refractivity contribution in [1.29, 1.82) is 0 Å². The van der Waals surface area contributed by atoms with Gasteiger partial charge in [0.15, 0.2) is 0 Å². The van der Waals surface area contributed by atoms with Gasteiger partial charge in [0, 0.05) is 38.5 Å². The summed E-state index contributed by atoms with van der Waals surface area (Å²) in [6.07, 6.45) is 0.291. The minimum atomic E-state index is -5.08. The largest absolute Gasteiger partial charge is 0.490 e. The first-order chi connectivity index (χ1) is 19.6. The average molecular weight is 604 g/mol. The maximum Gasteiger partial charge on any atom is 0.490 e. The zero-order chi connectivity index (χ0) is 31.6. The van der Waals surface area contributed by atoms with E-state index in [4.69, 9.17) is 15.6 Å². The molecule has 2 aliphatic rings. The number of carboxylic acid groups (broad SMARTS) is 1. The molecule has 1 heterocycles. The zero-order valence-corrected chi connectivity index (χ0v) is 24.2. The second-order valence-corrected chi connectivity index (χ2v) is 10.8. The predicted octanol–water partition coefficient (Wildman–Crippen LogP) is 3.08. The summed E-state index contributed by atoms with van der Waals surface area (Å²) in [5.74, 6) is -4.46. The number of amides is 3. The van der Waals surface area contributed by atoms with Crippen LogP contribution in [0.2, 0.25) is 0 Å². The minimum Gasteiger partial charge on any atom is -0.475 e. The highest BCUT2D eigenvalue weighted by atomic mass is 19.4. The summed E-state index contributed by atoms with van der Waals surface area (Å²) in [6, 6.07) is 3.06. The number of carbonyl (C=O) groups is 4. The molecule has 3 rings (SSSR count). The number of carbonyl (C=O) groups excluding carboxylic acids is 3. The number of alkyl halides is 3. The first kappa shape index (κ1) is 34.9. The molecule has 3 amide bonds. The van der Waals surface area contributed by atoms with E-state index in [1.165, 1.54) is 12.1 Å². The number of anilines is 1. The monoisotopic (exact) mass is 603 g/mol. The van der Waals surface area contributed by atoms with E-state index >= 15 is 4.39 Å². The van der Waals surface area contributed by atoms with Gasteiger partial charge in [0.2, 0.25) is 17.7 Å². The minimum absolute atomic E-state index is 0.0664. The third-order valence-electron chi connectivity index (χ3n) is 7.70. The molecule has 42 heavy (non-hydrogen) atoms. The van der Waals surface area contributed by atoms with Crippen LogP contribution in [0.5, 0.6) is 0 Å². The third kappa shape index (κ3) is 10.2. The van der Waals surface area contributed by atoms with Crippen molar-refractivity contribution in [2.45, 2.75) is 76.6 Å². The molecule has 0 radical (unpaired) electrons. The first-order valence-electron chi connectivity index (χ1n) is 14.1. The highest BCUT2D eigenvalue weighted by Crippen LogP contribution is 2.28. The molecule has 236 valence electrons. The quantitative estimate of drug-likeness (QED) is 0.334. The third-order valence-corrected chi connectivity index (χ3v) is 7.70. The van der Waals surface area contributed by atoms with E-state index in [2.05, 4.69) is 15.5 Å². The van der Waals surface area contributed by atoms with Gasteiger partial charge in [0.05, 0.1) is 11.7 Å². The standard InChI is InChI=1S/C26H40FN5O3.C2HF3O2/c1-4-22(33)30-24(26(35)32-14-12-31(3)13-15-32)17(2)19-10-11-21(20(27)16-19)29-25(34)23(28)18-8-6-5-7-9-18;3-2(4,5)1(6)7/h10-11,16-18,23-24H,4-9,12-15,28H2,1-3H3,(H,29,34)(H,30,33);(H,6,7). The molecule has 3 unspecified atom stereocenters. The molecule has 3 atom stereocenters. The molecule has 0 aromatic heterocycles. The molecule has 1 saturated heterocycles. The van der Waals surface area contributed by atoms with Crippen molar-refractivity contribution >= 4 is 29.4 Å². The number of hydrogen-bond donors (Lipinski definition) is 4. The molecular weight excluding hydrogens is 562 g/mol. The van der Waals surface area contributed by atoms with Gasteiger partial charge in [-0.25, -0.2) is 9.18 Å². The summed E-state index contributed by atoms with van der Waals surface area (Å²) in [4.78, 5) is 51.0. The Morgan fingerprint density at radius 3 is 2.14 bits per heavy atom. The number of nitrogens with two attached hydrogens (primary N) is 1. The van der Waals surface area contributed by atoms with E-state index in [1.54, 1.807) is 24.8 Å². The number of rotatable bonds is 8. The molecule has 1 aliphatic heterocycles. The van der Waals surface area contributed by atoms with Crippen LogP contribution < -0.4 is 16.4 Å². The van der Waals surface area contributed by atoms with Crippen LogP contribution in [0.3, 0.4) is 0 Å². The number of nitrogens with zero attached hydrogens (tertiary/aromatic N) is 2. The highest BCUT2D eigenvalue weighted by molar-refractivity contribution is 5.95. The second-order valence-electron chi connectivity index (χ2n) is 10.8. The lowest BCUT2D eigenvalue weighted by atomic mass is 9.84. The first-order valence-corrected chi connectivity index (χ1v) is 14.1. The fourth-order valence-electron chi connectivity index (χ4n) is 4.93. The van der Waals surface area contributed by atoms with Crippen molar-refractivity contribution in [3.63, 3.8) is 0 Å². The Bertz CT molecular complexity index is 1090. The van der Waals surface area contributed by atoms with Gasteiger partial charge >= 0.3 is 12.1 Å². The fraction of sp³-hybridized carbons (Fsp3) is 0.643. The number of likely N-dealkylation sites (N-methyl/N-ethyl adjacent to an activating group) is 1. The van der Waals surface area contributed by atoms with Crippen molar-refractivity contribution in [2.75, 3.05) is 38.5 Å². The highest BCUT2D eigenvalue weighted by Gasteiger charge is 2.38. The number of piperazine rings is 1. The Morgan fingerprint density at radius 2 is 1.64 bits per heavy atom. The fourth-order valence-corrected chi connectivity index (χ4v) is 4.93. The summed E-state index contributed by atoms with van der Waals surface area (Å²) in [5, 5.41) is 12.6. The van der Waals surface area contributed by atoms with Crippen molar-refractivity contribution in [2.24, 2.45) is 11.7 Å². The normalized spacial score (nSPS) is 18.6. The predicted molar refractivity (Wildman–Crippen MR) is 148 cm³/mol. The van der Waals surface area contributed by atoms with Gasteiger partial charge in [-0.05, 0) is 43.5 Å². The Hall–Kier alpha value is -3.26. The smallest absolute Gasteiger partial charge is 0.475 e. The maximum atomic E-state index is 15.0. The molecule has 5 N–H and O–H groups in total. The van der Waals surface area contributed by atoms with E-state index in [0.29, 0.717) is 18.7 Å². The topological polar surface area (TPSA) is 145 Å². The Morgan fingerprint density at radius 1 is 1.07 bits per heavy atom. The molecule has 0 spiro atoms. The summed E-state index contributed by atoms with van der Waals surface area (Å²) < 4.78 is 46.8. The summed E-state index contributed by atoms with van der Waals surface area (Å²) >= 11 is 0. The molecule has 2 fully saturated rings. The molecule has 0 bridgehead atoms. The number of aliphatic carboxylic acids is 1. The molecular formula is C28H41F4N5O5. The Balaban J connectivity index is 0.000000782. The Kier molecular flexibility index (Phi) is 13.2. The lowest BCUT2D eigenvalue weighted by Crippen LogP contribution is -2.55. The zero-order valence-electron chi connectivity index (χ0n) is 24.2. The lowest BCUT2D eigenvalue weighted by Gasteiger charge is -2.36. The lowest BCUT2D eigenvalue weighted by molar-refractivity contribution is -0.192. The van der Waals surface area contributed by atoms with Crippen LogP contribution in [0.4, 0.5) is 23.2 Å². The number of hydrogen-bond acceptors (Lipinski definition) is 6. The van der Waals surface area contributed by atoms with Gasteiger partial charge in [-0.2, -0.15) is 13.2 Å². The van der Waals surface area contributed by atoms with Crippen LogP contribution in [0.1, 0.15) is 63.9 Å². The van der Waals surface area contributed by atoms with Gasteiger partial charge < -0.3 is 31.3 Å². The van der Waals surface area contributed by atoms with Crippen LogP contribution in [-0.4, -0.2) is 90.1 Å². The van der Waals surface area contributed by atoms with Crippen molar-refractivity contribution in [1.82, 2.24) is 15.1 Å². The molecule has 1 aliphatic carbocycles. The molecule has 1 aromatic carbocycles. The van der Waals surface area contributed by atoms with Gasteiger partial charge in [-0.15, -0.1) is 0 Å². The molecule has 1 aromatic rings. The van der Waals surface area contributed by atoms with E-state index < -0.39 is 36.0 Å². The maximum absolute atomic E-state index is 15.0. The molecule has 10 nitrogen and oxygen atoms in total. The molecule has 1 saturated carbocycles. The van der Waals surface area contributed by atoms with Crippen molar-refractivity contribution in [3.05, 3.63) is 29.6 Å². The van der Waals surface area contributed by atoms with Crippen LogP contribution in [0.15, 0.2) is 18.2 Å². The van der Waals surface area contributed by atoms with Gasteiger partial charge in [-0.1, -0.05) is 39.2 Å². The summed E-state index contributed by atoms with van der Waals surface area (Å²) in [6.45, 7) is 6.23. The van der Waals surface area contributed by atoms with Crippen LogP contribution in [-0.2, 0) is 19.2 Å². The van der Waals surface area contributed by atoms with Gasteiger partial charge in [-0.3, -0.25) is 14.4 Å². The number of nitrogens with one attached hydrogen (secondary N) is 2. The van der Waals surface area contributed by atoms with Crippen molar-refractivity contribution in [3.8, 4) is 0 Å². The summed E-state index contributed by atoms with van der Waals surface area (Å²) in [7, 11) is 2.01. The summed E-state index contributed by atoms with van der Waals surface area (Å²) in [5.41, 5.74) is 6.80. The van der Waals surface area contributed by atoms with E-state index in [9.17, 15) is 27.6 Å². The van der Waals surface area contributed by atoms with Gasteiger partial charge in [0.25, 0.3) is 0 Å². The van der Waals surface area contributed by atoms with Crippen molar-refractivity contribution < 1.29 is 41.8 Å². The second kappa shape index (κ2) is 15.8. The molecule has 14 heteroatoms. The average Bonchev–Trinajstić information content (AvgIpc) is 2.96. The Labute approximate surface area is 243 Å². The van der Waals surface area contributed by atoms with Gasteiger partial charge in [0.1, 0.15) is 11.9 Å². The number of benzene rings is 1. The van der Waals surface area contributed by atoms with Crippen LogP contribution in [0, 0.1) is 11.7 Å². The van der Waals surface area contributed by atoms with Crippen LogP contribution >= 0.6 is 0 Å². The van der Waals surface area contributed by atoms with E-state index in [1.807, 2.05) is 7.05 Å². The van der Waals surface area contributed by atoms with Crippen LogP contribution in [0.25, 0.3) is 0 Å². The van der Waals surface area contributed by atoms with E-state index in [-0.39, 0.29) is 35.7 Å². The van der Waals surface area contributed by atoms with E-state index in [0.717, 1.165) is 45.2 Å². The number of carboxylic acids is 1. The SMILES string of the molecule is CCC(=O)NC(C(=O)N1CCN(C)CC1)C(C)c1ccc(NC(=O)C(N)C2CCCCC2)c(F)c1.O=C(O)C(F)(F)F.